The first-order chi connectivity index (χ1) is 11.9. The third-order valence-electron chi connectivity index (χ3n) is 4.79. The molecule has 1 aromatic rings. The van der Waals surface area contributed by atoms with Crippen molar-refractivity contribution in [3.8, 4) is 5.75 Å². The number of carbonyl (C=O) groups is 1. The molecule has 1 saturated heterocycles. The van der Waals surface area contributed by atoms with Crippen LogP contribution in [0.2, 0.25) is 0 Å². The van der Waals surface area contributed by atoms with E-state index >= 15 is 0 Å². The number of amides is 1. The van der Waals surface area contributed by atoms with Crippen molar-refractivity contribution in [2.24, 2.45) is 0 Å². The van der Waals surface area contributed by atoms with Crippen LogP contribution in [0.4, 0.5) is 0 Å². The second kappa shape index (κ2) is 7.31. The number of ether oxygens (including phenoxy) is 1. The lowest BCUT2D eigenvalue weighted by atomic mass is 10.0. The van der Waals surface area contributed by atoms with Gasteiger partial charge in [-0.25, -0.2) is 13.1 Å². The van der Waals surface area contributed by atoms with Crippen LogP contribution in [0.1, 0.15) is 36.0 Å². The van der Waals surface area contributed by atoms with Gasteiger partial charge in [-0.1, -0.05) is 0 Å². The smallest absolute Gasteiger partial charge is 0.253 e. The number of rotatable bonds is 6. The molecule has 1 amide bonds. The lowest BCUT2D eigenvalue weighted by Crippen LogP contribution is -2.44. The number of nitrogens with zero attached hydrogens (tertiary/aromatic N) is 1. The van der Waals surface area contributed by atoms with E-state index in [0.717, 1.165) is 25.7 Å². The van der Waals surface area contributed by atoms with E-state index < -0.39 is 10.0 Å². The third kappa shape index (κ3) is 4.13. The Morgan fingerprint density at radius 1 is 1.16 bits per heavy atom. The summed E-state index contributed by atoms with van der Waals surface area (Å²) in [6, 6.07) is 5.03. The summed E-state index contributed by atoms with van der Waals surface area (Å²) in [7, 11) is -0.343. The molecule has 1 aliphatic carbocycles. The molecule has 2 aliphatic rings. The van der Waals surface area contributed by atoms with Gasteiger partial charge in [-0.15, -0.1) is 0 Å². The maximum atomic E-state index is 12.8. The molecule has 3 rings (SSSR count). The Balaban J connectivity index is 1.82. The Hall–Kier alpha value is -1.64. The fraction of sp³-hybridized carbons (Fsp3) is 0.588. The molecule has 0 radical (unpaired) electrons. The zero-order chi connectivity index (χ0) is 18.0. The number of piperidine rings is 1. The van der Waals surface area contributed by atoms with Crippen molar-refractivity contribution in [3.63, 3.8) is 0 Å². The molecule has 8 heteroatoms. The van der Waals surface area contributed by atoms with Gasteiger partial charge in [-0.3, -0.25) is 4.79 Å². The maximum absolute atomic E-state index is 12.8. The Kier molecular flexibility index (Phi) is 5.31. The summed E-state index contributed by atoms with van der Waals surface area (Å²) in [4.78, 5) is 14.6. The summed E-state index contributed by atoms with van der Waals surface area (Å²) >= 11 is 0. The molecule has 138 valence electrons. The first-order valence-electron chi connectivity index (χ1n) is 8.61. The molecule has 7 nitrogen and oxygen atoms in total. The Morgan fingerprint density at radius 3 is 2.40 bits per heavy atom. The van der Waals surface area contributed by atoms with Crippen molar-refractivity contribution in [1.82, 2.24) is 14.9 Å². The summed E-state index contributed by atoms with van der Waals surface area (Å²) in [5, 5.41) is 3.23. The van der Waals surface area contributed by atoms with Crippen LogP contribution in [0, 0.1) is 0 Å². The summed E-state index contributed by atoms with van der Waals surface area (Å²) in [5.41, 5.74) is 0.375. The molecule has 0 spiro atoms. The lowest BCUT2D eigenvalue weighted by Gasteiger charge is -2.32. The van der Waals surface area contributed by atoms with E-state index in [0.29, 0.717) is 24.7 Å². The molecular weight excluding hydrogens is 342 g/mol. The SMILES string of the molecule is CNC1CCN(C(=O)c2ccc(OC)c(S(=O)(=O)NC3CC3)c2)CC1. The van der Waals surface area contributed by atoms with Crippen molar-refractivity contribution in [2.45, 2.75) is 42.7 Å². The zero-order valence-corrected chi connectivity index (χ0v) is 15.4. The standard InChI is InChI=1S/C17H25N3O4S/c1-18-13-7-9-20(10-8-13)17(21)12-3-6-15(24-2)16(11-12)25(22,23)19-14-4-5-14/h3,6,11,13-14,18-19H,4-5,7-10H2,1-2H3. The number of hydrogen-bond acceptors (Lipinski definition) is 5. The average molecular weight is 367 g/mol. The Morgan fingerprint density at radius 2 is 1.84 bits per heavy atom. The van der Waals surface area contributed by atoms with Crippen LogP contribution in [0.5, 0.6) is 5.75 Å². The number of hydrogen-bond donors (Lipinski definition) is 2. The Labute approximate surface area is 148 Å². The molecule has 1 saturated carbocycles. The predicted octanol–water partition coefficient (Wildman–Crippen LogP) is 0.960. The van der Waals surface area contributed by atoms with Crippen LogP contribution in [0.15, 0.2) is 23.1 Å². The van der Waals surface area contributed by atoms with Gasteiger partial charge >= 0.3 is 0 Å². The summed E-state index contributed by atoms with van der Waals surface area (Å²) in [6.45, 7) is 1.33. The molecule has 2 fully saturated rings. The second-order valence-corrected chi connectivity index (χ2v) is 8.30. The minimum atomic E-state index is -3.70. The van der Waals surface area contributed by atoms with Crippen LogP contribution >= 0.6 is 0 Å². The lowest BCUT2D eigenvalue weighted by molar-refractivity contribution is 0.0707. The first-order valence-corrected chi connectivity index (χ1v) is 10.1. The van der Waals surface area contributed by atoms with Crippen molar-refractivity contribution in [3.05, 3.63) is 23.8 Å². The fourth-order valence-corrected chi connectivity index (χ4v) is 4.56. The Bertz CT molecular complexity index is 738. The van der Waals surface area contributed by atoms with E-state index in [2.05, 4.69) is 10.0 Å². The number of nitrogens with one attached hydrogen (secondary N) is 2. The topological polar surface area (TPSA) is 87.7 Å². The van der Waals surface area contributed by atoms with Gasteiger partial charge in [0.2, 0.25) is 10.0 Å². The van der Waals surface area contributed by atoms with Crippen LogP contribution in [0.3, 0.4) is 0 Å². The minimum Gasteiger partial charge on any atom is -0.495 e. The molecule has 1 aliphatic heterocycles. The number of carbonyl (C=O) groups excluding carboxylic acids is 1. The molecule has 0 bridgehead atoms. The van der Waals surface area contributed by atoms with Gasteiger partial charge in [-0.05, 0) is 50.9 Å². The van der Waals surface area contributed by atoms with E-state index in [1.807, 2.05) is 7.05 Å². The van der Waals surface area contributed by atoms with E-state index in [1.54, 1.807) is 17.0 Å². The highest BCUT2D eigenvalue weighted by Crippen LogP contribution is 2.29. The van der Waals surface area contributed by atoms with Gasteiger partial charge in [0, 0.05) is 30.7 Å². The van der Waals surface area contributed by atoms with E-state index in [4.69, 9.17) is 4.74 Å². The fourth-order valence-electron chi connectivity index (χ4n) is 3.06. The monoisotopic (exact) mass is 367 g/mol. The highest BCUT2D eigenvalue weighted by molar-refractivity contribution is 7.89. The minimum absolute atomic E-state index is 0.00497. The number of benzene rings is 1. The molecule has 1 heterocycles. The van der Waals surface area contributed by atoms with Gasteiger partial charge in [0.15, 0.2) is 0 Å². The summed E-state index contributed by atoms with van der Waals surface area (Å²) in [6.07, 6.45) is 3.49. The maximum Gasteiger partial charge on any atom is 0.253 e. The largest absolute Gasteiger partial charge is 0.495 e. The third-order valence-corrected chi connectivity index (χ3v) is 6.33. The van der Waals surface area contributed by atoms with E-state index in [9.17, 15) is 13.2 Å². The van der Waals surface area contributed by atoms with Crippen molar-refractivity contribution < 1.29 is 17.9 Å². The van der Waals surface area contributed by atoms with Crippen LogP contribution in [-0.2, 0) is 10.0 Å². The van der Waals surface area contributed by atoms with Gasteiger partial charge in [-0.2, -0.15) is 0 Å². The zero-order valence-electron chi connectivity index (χ0n) is 14.6. The highest BCUT2D eigenvalue weighted by Gasteiger charge is 2.31. The van der Waals surface area contributed by atoms with Crippen LogP contribution < -0.4 is 14.8 Å². The van der Waals surface area contributed by atoms with Crippen LogP contribution in [-0.4, -0.2) is 58.6 Å². The van der Waals surface area contributed by atoms with Crippen LogP contribution in [0.25, 0.3) is 0 Å². The highest BCUT2D eigenvalue weighted by atomic mass is 32.2. The molecule has 0 atom stereocenters. The quantitative estimate of drug-likeness (QED) is 0.782. The first kappa shape index (κ1) is 18.2. The molecule has 2 N–H and O–H groups in total. The number of sulfonamides is 1. The van der Waals surface area contributed by atoms with Crippen molar-refractivity contribution in [2.75, 3.05) is 27.2 Å². The molecule has 1 aromatic carbocycles. The van der Waals surface area contributed by atoms with Gasteiger partial charge in [0.25, 0.3) is 5.91 Å². The van der Waals surface area contributed by atoms with Crippen molar-refractivity contribution >= 4 is 15.9 Å². The summed E-state index contributed by atoms with van der Waals surface area (Å²) in [5.74, 6) is 0.110. The molecule has 0 aromatic heterocycles. The number of likely N-dealkylation sites (tertiary alicyclic amines) is 1. The van der Waals surface area contributed by atoms with E-state index in [1.165, 1.54) is 13.2 Å². The van der Waals surface area contributed by atoms with Gasteiger partial charge in [0.05, 0.1) is 7.11 Å². The van der Waals surface area contributed by atoms with Crippen molar-refractivity contribution in [1.29, 1.82) is 0 Å². The number of methoxy groups -OCH3 is 1. The van der Waals surface area contributed by atoms with E-state index in [-0.39, 0.29) is 22.6 Å². The predicted molar refractivity (Wildman–Crippen MR) is 94.3 cm³/mol. The van der Waals surface area contributed by atoms with Gasteiger partial charge < -0.3 is 15.0 Å². The summed E-state index contributed by atoms with van der Waals surface area (Å²) < 4.78 is 33.0. The molecule has 0 unspecified atom stereocenters. The normalized spacial score (nSPS) is 19.0. The average Bonchev–Trinajstić information content (AvgIpc) is 3.44. The molecular formula is C17H25N3O4S. The second-order valence-electron chi connectivity index (χ2n) is 6.62. The molecule has 25 heavy (non-hydrogen) atoms. The van der Waals surface area contributed by atoms with Gasteiger partial charge in [0.1, 0.15) is 10.6 Å².